The second kappa shape index (κ2) is 9.87. The normalized spacial score (nSPS) is 10.2. The van der Waals surface area contributed by atoms with Gasteiger partial charge in [0.2, 0.25) is 0 Å². The van der Waals surface area contributed by atoms with Crippen LogP contribution in [0.15, 0.2) is 71.8 Å². The number of anilines is 2. The monoisotopic (exact) mass is 407 g/mol. The molecule has 30 heavy (non-hydrogen) atoms. The van der Waals surface area contributed by atoms with Crippen molar-refractivity contribution in [1.82, 2.24) is 14.9 Å². The number of aromatic nitrogens is 2. The number of rotatable bonds is 6. The number of alkyl carbamates (subject to hydrolysis) is 1. The maximum atomic E-state index is 12.3. The summed E-state index contributed by atoms with van der Waals surface area (Å²) in [5.74, 6) is 0. The topological polar surface area (TPSA) is 114 Å². The SMILES string of the molecule is COC(=O)NCc1ccc(NC(=O)Nc2cccc(Cn3cccnc3=O)c2)cc1. The minimum atomic E-state index is -0.507. The zero-order valence-electron chi connectivity index (χ0n) is 16.3. The van der Waals surface area contributed by atoms with Crippen molar-refractivity contribution in [3.05, 3.63) is 88.6 Å². The number of carbonyl (C=O) groups excluding carboxylic acids is 2. The van der Waals surface area contributed by atoms with E-state index in [1.165, 1.54) is 17.9 Å². The highest BCUT2D eigenvalue weighted by Gasteiger charge is 2.05. The molecule has 1 aromatic heterocycles. The lowest BCUT2D eigenvalue weighted by Crippen LogP contribution is -2.22. The van der Waals surface area contributed by atoms with Gasteiger partial charge in [0.05, 0.1) is 13.7 Å². The quantitative estimate of drug-likeness (QED) is 0.581. The summed E-state index contributed by atoms with van der Waals surface area (Å²) in [6.07, 6.45) is 2.60. The van der Waals surface area contributed by atoms with E-state index in [2.05, 4.69) is 25.7 Å². The largest absolute Gasteiger partial charge is 0.453 e. The van der Waals surface area contributed by atoms with E-state index in [1.807, 2.05) is 6.07 Å². The van der Waals surface area contributed by atoms with Crippen LogP contribution in [0.1, 0.15) is 11.1 Å². The fraction of sp³-hybridized carbons (Fsp3) is 0.143. The van der Waals surface area contributed by atoms with Crippen molar-refractivity contribution in [2.75, 3.05) is 17.7 Å². The summed E-state index contributed by atoms with van der Waals surface area (Å²) in [6, 6.07) is 15.6. The molecule has 3 rings (SSSR count). The summed E-state index contributed by atoms with van der Waals surface area (Å²) < 4.78 is 6.00. The first-order valence-electron chi connectivity index (χ1n) is 9.12. The summed E-state index contributed by atoms with van der Waals surface area (Å²) >= 11 is 0. The lowest BCUT2D eigenvalue weighted by atomic mass is 10.2. The van der Waals surface area contributed by atoms with E-state index in [4.69, 9.17) is 0 Å². The predicted molar refractivity (Wildman–Crippen MR) is 112 cm³/mol. The Kier molecular flexibility index (Phi) is 6.78. The molecule has 0 saturated carbocycles. The van der Waals surface area contributed by atoms with Crippen LogP contribution in [0.5, 0.6) is 0 Å². The van der Waals surface area contributed by atoms with E-state index >= 15 is 0 Å². The molecular weight excluding hydrogens is 386 g/mol. The highest BCUT2D eigenvalue weighted by molar-refractivity contribution is 5.99. The molecule has 154 valence electrons. The number of urea groups is 1. The highest BCUT2D eigenvalue weighted by atomic mass is 16.5. The van der Waals surface area contributed by atoms with Crippen LogP contribution in [0.25, 0.3) is 0 Å². The number of carbonyl (C=O) groups is 2. The van der Waals surface area contributed by atoms with Crippen LogP contribution < -0.4 is 21.6 Å². The lowest BCUT2D eigenvalue weighted by molar-refractivity contribution is 0.170. The Hall–Kier alpha value is -4.14. The number of benzene rings is 2. The summed E-state index contributed by atoms with van der Waals surface area (Å²) in [6.45, 7) is 0.677. The fourth-order valence-corrected chi connectivity index (χ4v) is 2.70. The number of hydrogen-bond donors (Lipinski definition) is 3. The van der Waals surface area contributed by atoms with Gasteiger partial charge >= 0.3 is 17.8 Å². The van der Waals surface area contributed by atoms with Gasteiger partial charge < -0.3 is 20.7 Å². The third kappa shape index (κ3) is 5.93. The van der Waals surface area contributed by atoms with Crippen LogP contribution in [0.2, 0.25) is 0 Å². The van der Waals surface area contributed by atoms with Gasteiger partial charge in [-0.3, -0.25) is 4.57 Å². The summed E-state index contributed by atoms with van der Waals surface area (Å²) in [4.78, 5) is 38.9. The molecule has 0 spiro atoms. The molecule has 9 nitrogen and oxygen atoms in total. The average Bonchev–Trinajstić information content (AvgIpc) is 2.75. The molecule has 0 atom stereocenters. The Morgan fingerprint density at radius 1 is 1.00 bits per heavy atom. The maximum Gasteiger partial charge on any atom is 0.407 e. The average molecular weight is 407 g/mol. The molecule has 0 bridgehead atoms. The third-order valence-electron chi connectivity index (χ3n) is 4.15. The number of nitrogens with zero attached hydrogens (tertiary/aromatic N) is 2. The number of nitrogens with one attached hydrogen (secondary N) is 3. The maximum absolute atomic E-state index is 12.3. The Morgan fingerprint density at radius 3 is 2.50 bits per heavy atom. The molecule has 0 aliphatic heterocycles. The van der Waals surface area contributed by atoms with Crippen LogP contribution in [-0.2, 0) is 17.8 Å². The molecule has 0 fully saturated rings. The van der Waals surface area contributed by atoms with Crippen LogP contribution in [0.3, 0.4) is 0 Å². The Morgan fingerprint density at radius 2 is 1.77 bits per heavy atom. The van der Waals surface area contributed by atoms with Gasteiger partial charge in [0, 0.05) is 30.3 Å². The molecular formula is C21H21N5O4. The molecule has 1 heterocycles. The fourth-order valence-electron chi connectivity index (χ4n) is 2.70. The van der Waals surface area contributed by atoms with Crippen molar-refractivity contribution in [2.45, 2.75) is 13.1 Å². The predicted octanol–water partition coefficient (Wildman–Crippen LogP) is 2.79. The van der Waals surface area contributed by atoms with Gasteiger partial charge in [0.1, 0.15) is 0 Å². The Bertz CT molecular complexity index is 1080. The lowest BCUT2D eigenvalue weighted by Gasteiger charge is -2.10. The number of amides is 3. The van der Waals surface area contributed by atoms with Crippen LogP contribution in [0.4, 0.5) is 21.0 Å². The van der Waals surface area contributed by atoms with Gasteiger partial charge in [-0.05, 0) is 41.5 Å². The van der Waals surface area contributed by atoms with Crippen molar-refractivity contribution < 1.29 is 14.3 Å². The number of ether oxygens (including phenoxy) is 1. The smallest absolute Gasteiger partial charge is 0.407 e. The molecule has 0 radical (unpaired) electrons. The first kappa shape index (κ1) is 20.6. The second-order valence-corrected chi connectivity index (χ2v) is 6.35. The van der Waals surface area contributed by atoms with Gasteiger partial charge in [-0.15, -0.1) is 0 Å². The first-order chi connectivity index (χ1) is 14.5. The second-order valence-electron chi connectivity index (χ2n) is 6.35. The van der Waals surface area contributed by atoms with E-state index < -0.39 is 12.1 Å². The third-order valence-corrected chi connectivity index (χ3v) is 4.15. The van der Waals surface area contributed by atoms with Crippen molar-refractivity contribution in [3.8, 4) is 0 Å². The summed E-state index contributed by atoms with van der Waals surface area (Å²) in [7, 11) is 1.30. The van der Waals surface area contributed by atoms with E-state index in [0.29, 0.717) is 24.5 Å². The van der Waals surface area contributed by atoms with Gasteiger partial charge in [0.25, 0.3) is 0 Å². The van der Waals surface area contributed by atoms with Crippen LogP contribution in [-0.4, -0.2) is 28.8 Å². The molecule has 3 amide bonds. The van der Waals surface area contributed by atoms with Crippen molar-refractivity contribution in [3.63, 3.8) is 0 Å². The van der Waals surface area contributed by atoms with Gasteiger partial charge in [-0.1, -0.05) is 24.3 Å². The molecule has 0 aliphatic rings. The number of methoxy groups -OCH3 is 1. The molecule has 0 aliphatic carbocycles. The van der Waals surface area contributed by atoms with Crippen molar-refractivity contribution in [2.24, 2.45) is 0 Å². The van der Waals surface area contributed by atoms with E-state index in [0.717, 1.165) is 11.1 Å². The van der Waals surface area contributed by atoms with Crippen LogP contribution >= 0.6 is 0 Å². The van der Waals surface area contributed by atoms with Crippen molar-refractivity contribution in [1.29, 1.82) is 0 Å². The summed E-state index contributed by atoms with van der Waals surface area (Å²) in [5.41, 5.74) is 2.59. The minimum Gasteiger partial charge on any atom is -0.453 e. The van der Waals surface area contributed by atoms with Gasteiger partial charge in [-0.25, -0.2) is 19.4 Å². The Balaban J connectivity index is 1.56. The van der Waals surface area contributed by atoms with E-state index in [-0.39, 0.29) is 5.69 Å². The summed E-state index contributed by atoms with van der Waals surface area (Å²) in [5, 5.41) is 8.09. The van der Waals surface area contributed by atoms with Crippen molar-refractivity contribution >= 4 is 23.5 Å². The molecule has 3 N–H and O–H groups in total. The van der Waals surface area contributed by atoms with E-state index in [9.17, 15) is 14.4 Å². The molecule has 9 heteroatoms. The molecule has 0 unspecified atom stereocenters. The van der Waals surface area contributed by atoms with E-state index in [1.54, 1.807) is 54.7 Å². The standard InChI is InChI=1S/C21H21N5O4/c1-30-21(29)23-13-15-6-8-17(9-7-15)24-19(27)25-18-5-2-4-16(12-18)14-26-11-3-10-22-20(26)28/h2-12H,13-14H2,1H3,(H,23,29)(H2,24,25,27). The number of hydrogen-bond acceptors (Lipinski definition) is 5. The van der Waals surface area contributed by atoms with Gasteiger partial charge in [-0.2, -0.15) is 0 Å². The molecule has 2 aromatic carbocycles. The highest BCUT2D eigenvalue weighted by Crippen LogP contribution is 2.14. The Labute approximate surface area is 172 Å². The zero-order chi connectivity index (χ0) is 21.3. The minimum absolute atomic E-state index is 0.325. The molecule has 3 aromatic rings. The van der Waals surface area contributed by atoms with Gasteiger partial charge in [0.15, 0.2) is 0 Å². The first-order valence-corrected chi connectivity index (χ1v) is 9.12. The molecule has 0 saturated heterocycles. The zero-order valence-corrected chi connectivity index (χ0v) is 16.3. The van der Waals surface area contributed by atoms with Crippen LogP contribution in [0, 0.1) is 0 Å².